The lowest BCUT2D eigenvalue weighted by Crippen LogP contribution is -2.40. The molecule has 0 amide bonds. The number of halogens is 3. The number of imidazole rings is 1. The molecule has 9 heteroatoms. The number of nitrogens with zero attached hydrogens (tertiary/aromatic N) is 4. The van der Waals surface area contributed by atoms with Crippen molar-refractivity contribution in [3.63, 3.8) is 0 Å². The van der Waals surface area contributed by atoms with Crippen molar-refractivity contribution < 1.29 is 18.3 Å². The Hall–Kier alpha value is -1.87. The number of aliphatic hydroxyl groups excluding tert-OH is 1. The van der Waals surface area contributed by atoms with E-state index in [0.717, 1.165) is 5.65 Å². The number of alkyl halides is 3. The van der Waals surface area contributed by atoms with E-state index in [1.165, 1.54) is 0 Å². The molecule has 1 aliphatic heterocycles. The second-order valence-electron chi connectivity index (χ2n) is 5.40. The van der Waals surface area contributed by atoms with Crippen LogP contribution in [-0.4, -0.2) is 62.6 Å². The zero-order valence-corrected chi connectivity index (χ0v) is 11.7. The zero-order valence-electron chi connectivity index (χ0n) is 11.7. The first-order valence-corrected chi connectivity index (χ1v) is 6.96. The SMILES string of the molecule is O[C@H](CN1CC[C@H](Nc2ccc3nccn3n2)C1)C(F)(F)F. The minimum atomic E-state index is -4.57. The van der Waals surface area contributed by atoms with Crippen LogP contribution in [0.3, 0.4) is 0 Å². The van der Waals surface area contributed by atoms with Crippen molar-refractivity contribution in [3.05, 3.63) is 24.5 Å². The summed E-state index contributed by atoms with van der Waals surface area (Å²) in [6.07, 6.45) is -2.80. The second kappa shape index (κ2) is 5.73. The molecule has 1 aliphatic rings. The minimum Gasteiger partial charge on any atom is -0.382 e. The summed E-state index contributed by atoms with van der Waals surface area (Å²) in [5.74, 6) is 0.647. The van der Waals surface area contributed by atoms with Gasteiger partial charge >= 0.3 is 6.18 Å². The normalized spacial score (nSPS) is 21.4. The first-order valence-electron chi connectivity index (χ1n) is 6.96. The molecule has 120 valence electrons. The monoisotopic (exact) mass is 315 g/mol. The Kier molecular flexibility index (Phi) is 3.92. The number of likely N-dealkylation sites (tertiary alicyclic amines) is 1. The molecule has 0 bridgehead atoms. The molecule has 2 aromatic heterocycles. The van der Waals surface area contributed by atoms with E-state index in [0.29, 0.717) is 25.3 Å². The third-order valence-corrected chi connectivity index (χ3v) is 3.69. The Morgan fingerprint density at radius 2 is 2.23 bits per heavy atom. The van der Waals surface area contributed by atoms with Crippen LogP contribution >= 0.6 is 0 Å². The van der Waals surface area contributed by atoms with Gasteiger partial charge in [-0.3, -0.25) is 4.90 Å². The quantitative estimate of drug-likeness (QED) is 0.886. The van der Waals surface area contributed by atoms with Gasteiger partial charge in [0.1, 0.15) is 5.82 Å². The molecule has 0 saturated carbocycles. The first kappa shape index (κ1) is 15.0. The fourth-order valence-corrected chi connectivity index (χ4v) is 2.57. The Labute approximate surface area is 124 Å². The van der Waals surface area contributed by atoms with Crippen LogP contribution in [0.4, 0.5) is 19.0 Å². The molecule has 2 N–H and O–H groups in total. The van der Waals surface area contributed by atoms with Crippen LogP contribution < -0.4 is 5.32 Å². The van der Waals surface area contributed by atoms with Crippen LogP contribution in [0.25, 0.3) is 5.65 Å². The highest BCUT2D eigenvalue weighted by Gasteiger charge is 2.40. The van der Waals surface area contributed by atoms with Crippen LogP contribution in [-0.2, 0) is 0 Å². The molecule has 2 aromatic rings. The van der Waals surface area contributed by atoms with Crippen LogP contribution in [0.5, 0.6) is 0 Å². The number of aliphatic hydroxyl groups is 1. The van der Waals surface area contributed by atoms with Crippen LogP contribution in [0.1, 0.15) is 6.42 Å². The van der Waals surface area contributed by atoms with E-state index in [1.807, 2.05) is 6.07 Å². The van der Waals surface area contributed by atoms with E-state index < -0.39 is 18.8 Å². The van der Waals surface area contributed by atoms with Gasteiger partial charge in [-0.05, 0) is 18.6 Å². The smallest absolute Gasteiger partial charge is 0.382 e. The average Bonchev–Trinajstić information content (AvgIpc) is 3.06. The van der Waals surface area contributed by atoms with Gasteiger partial charge in [0, 0.05) is 38.1 Å². The predicted octanol–water partition coefficient (Wildman–Crippen LogP) is 1.14. The van der Waals surface area contributed by atoms with Gasteiger partial charge in [0.2, 0.25) is 0 Å². The van der Waals surface area contributed by atoms with Gasteiger partial charge in [-0.15, -0.1) is 5.10 Å². The van der Waals surface area contributed by atoms with E-state index in [9.17, 15) is 13.2 Å². The number of anilines is 1. The van der Waals surface area contributed by atoms with E-state index in [2.05, 4.69) is 15.4 Å². The van der Waals surface area contributed by atoms with Crippen molar-refractivity contribution in [2.75, 3.05) is 25.0 Å². The standard InChI is InChI=1S/C13H16F3N5O/c14-13(15,16)10(22)8-20-5-3-9(7-20)18-11-1-2-12-17-4-6-21(12)19-11/h1-2,4,6,9-10,22H,3,5,7-8H2,(H,18,19)/t9-,10+/m0/s1. The molecule has 3 heterocycles. The lowest BCUT2D eigenvalue weighted by molar-refractivity contribution is -0.207. The fourth-order valence-electron chi connectivity index (χ4n) is 2.57. The summed E-state index contributed by atoms with van der Waals surface area (Å²) in [7, 11) is 0. The molecular weight excluding hydrogens is 299 g/mol. The largest absolute Gasteiger partial charge is 0.415 e. The number of fused-ring (bicyclic) bond motifs is 1. The molecule has 1 fully saturated rings. The topological polar surface area (TPSA) is 65.7 Å². The summed E-state index contributed by atoms with van der Waals surface area (Å²) in [6.45, 7) is 0.560. The third kappa shape index (κ3) is 3.30. The van der Waals surface area contributed by atoms with Crippen molar-refractivity contribution in [2.45, 2.75) is 24.7 Å². The van der Waals surface area contributed by atoms with Crippen molar-refractivity contribution in [1.29, 1.82) is 0 Å². The van der Waals surface area contributed by atoms with E-state index in [1.54, 1.807) is 27.9 Å². The number of rotatable bonds is 4. The van der Waals surface area contributed by atoms with Gasteiger partial charge < -0.3 is 10.4 Å². The average molecular weight is 315 g/mol. The number of β-amino-alcohol motifs (C(OH)–C–C–N with tert-alkyl or cyclic N) is 1. The second-order valence-corrected chi connectivity index (χ2v) is 5.40. The van der Waals surface area contributed by atoms with Gasteiger partial charge in [0.15, 0.2) is 11.8 Å². The molecule has 1 saturated heterocycles. The summed E-state index contributed by atoms with van der Waals surface area (Å²) in [6, 6.07) is 3.61. The molecule has 6 nitrogen and oxygen atoms in total. The predicted molar refractivity (Wildman–Crippen MR) is 73.5 cm³/mol. The van der Waals surface area contributed by atoms with E-state index in [-0.39, 0.29) is 6.04 Å². The number of hydrogen-bond donors (Lipinski definition) is 2. The Morgan fingerprint density at radius 3 is 3.00 bits per heavy atom. The molecule has 22 heavy (non-hydrogen) atoms. The summed E-state index contributed by atoms with van der Waals surface area (Å²) >= 11 is 0. The zero-order chi connectivity index (χ0) is 15.7. The maximum Gasteiger partial charge on any atom is 0.415 e. The van der Waals surface area contributed by atoms with Crippen LogP contribution in [0, 0.1) is 0 Å². The third-order valence-electron chi connectivity index (χ3n) is 3.69. The molecule has 3 rings (SSSR count). The Balaban J connectivity index is 1.56. The molecule has 0 aromatic carbocycles. The number of aromatic nitrogens is 3. The van der Waals surface area contributed by atoms with Crippen molar-refractivity contribution in [2.24, 2.45) is 0 Å². The molecule has 0 aliphatic carbocycles. The first-order chi connectivity index (χ1) is 10.4. The molecule has 0 unspecified atom stereocenters. The van der Waals surface area contributed by atoms with E-state index >= 15 is 0 Å². The molecular formula is C13H16F3N5O. The lowest BCUT2D eigenvalue weighted by atomic mass is 10.2. The van der Waals surface area contributed by atoms with Crippen molar-refractivity contribution >= 4 is 11.5 Å². The van der Waals surface area contributed by atoms with E-state index in [4.69, 9.17) is 5.11 Å². The number of nitrogens with one attached hydrogen (secondary N) is 1. The Bertz CT molecular complexity index is 644. The number of hydrogen-bond acceptors (Lipinski definition) is 5. The molecule has 0 spiro atoms. The molecule has 2 atom stereocenters. The van der Waals surface area contributed by atoms with Crippen molar-refractivity contribution in [1.82, 2.24) is 19.5 Å². The minimum absolute atomic E-state index is 0.00825. The lowest BCUT2D eigenvalue weighted by Gasteiger charge is -2.22. The van der Waals surface area contributed by atoms with Crippen LogP contribution in [0.15, 0.2) is 24.5 Å². The fraction of sp³-hybridized carbons (Fsp3) is 0.538. The summed E-state index contributed by atoms with van der Waals surface area (Å²) in [5.41, 5.74) is 0.729. The van der Waals surface area contributed by atoms with Crippen LogP contribution in [0.2, 0.25) is 0 Å². The maximum absolute atomic E-state index is 12.4. The molecule has 0 radical (unpaired) electrons. The van der Waals surface area contributed by atoms with Gasteiger partial charge in [-0.2, -0.15) is 13.2 Å². The summed E-state index contributed by atoms with van der Waals surface area (Å²) in [5, 5.41) is 16.6. The highest BCUT2D eigenvalue weighted by atomic mass is 19.4. The van der Waals surface area contributed by atoms with Gasteiger partial charge in [-0.1, -0.05) is 0 Å². The Morgan fingerprint density at radius 1 is 1.41 bits per heavy atom. The maximum atomic E-state index is 12.4. The van der Waals surface area contributed by atoms with Gasteiger partial charge in [-0.25, -0.2) is 9.50 Å². The highest BCUT2D eigenvalue weighted by molar-refractivity contribution is 5.44. The van der Waals surface area contributed by atoms with Gasteiger partial charge in [0.05, 0.1) is 0 Å². The van der Waals surface area contributed by atoms with Gasteiger partial charge in [0.25, 0.3) is 0 Å². The summed E-state index contributed by atoms with van der Waals surface area (Å²) in [4.78, 5) is 5.69. The van der Waals surface area contributed by atoms with Crippen molar-refractivity contribution in [3.8, 4) is 0 Å². The highest BCUT2D eigenvalue weighted by Crippen LogP contribution is 2.22. The summed E-state index contributed by atoms with van der Waals surface area (Å²) < 4.78 is 38.7.